The van der Waals surface area contributed by atoms with Crippen LogP contribution in [-0.2, 0) is 11.3 Å². The molecular formula is C21H24N4O3S3. The van der Waals surface area contributed by atoms with Crippen LogP contribution in [-0.4, -0.2) is 41.6 Å². The second-order valence-electron chi connectivity index (χ2n) is 7.32. The molecule has 1 amide bonds. The van der Waals surface area contributed by atoms with Crippen LogP contribution in [0.15, 0.2) is 40.1 Å². The van der Waals surface area contributed by atoms with Gasteiger partial charge in [0.2, 0.25) is 11.0 Å². The van der Waals surface area contributed by atoms with E-state index in [-0.39, 0.29) is 11.7 Å². The van der Waals surface area contributed by atoms with Crippen molar-refractivity contribution in [2.45, 2.75) is 24.7 Å². The summed E-state index contributed by atoms with van der Waals surface area (Å²) in [5.41, 5.74) is 0.791. The van der Waals surface area contributed by atoms with Gasteiger partial charge in [-0.2, -0.15) is 0 Å². The molecule has 0 saturated carbocycles. The van der Waals surface area contributed by atoms with E-state index in [1.165, 1.54) is 23.1 Å². The summed E-state index contributed by atoms with van der Waals surface area (Å²) in [7, 11) is 0. The fourth-order valence-electron chi connectivity index (χ4n) is 2.91. The summed E-state index contributed by atoms with van der Waals surface area (Å²) < 4.78 is 12.1. The first kappa shape index (κ1) is 21.9. The lowest BCUT2D eigenvalue weighted by atomic mass is 10.2. The fourth-order valence-corrected chi connectivity index (χ4v) is 5.24. The first-order valence-corrected chi connectivity index (χ1v) is 12.7. The largest absolute Gasteiger partial charge is 0.486 e. The number of amides is 1. The Morgan fingerprint density at radius 3 is 2.84 bits per heavy atom. The number of hydrogen-bond donors (Lipinski definition) is 1. The van der Waals surface area contributed by atoms with Gasteiger partial charge in [0.25, 0.3) is 0 Å². The van der Waals surface area contributed by atoms with Crippen molar-refractivity contribution in [3.63, 3.8) is 0 Å². The minimum Gasteiger partial charge on any atom is -0.486 e. The number of fused-ring (bicyclic) bond motifs is 1. The number of rotatable bonds is 9. The Bertz CT molecular complexity index is 1010. The smallest absolute Gasteiger partial charge is 0.237 e. The quantitative estimate of drug-likeness (QED) is 0.446. The number of ether oxygens (including phenoxy) is 2. The molecule has 164 valence electrons. The van der Waals surface area contributed by atoms with Gasteiger partial charge in [0.15, 0.2) is 15.8 Å². The molecule has 1 aliphatic heterocycles. The van der Waals surface area contributed by atoms with Gasteiger partial charge in [-0.15, -0.1) is 21.5 Å². The molecule has 1 aliphatic rings. The molecular weight excluding hydrogens is 452 g/mol. The molecule has 10 heteroatoms. The normalized spacial score (nSPS) is 12.7. The van der Waals surface area contributed by atoms with Crippen LogP contribution in [0, 0.1) is 5.92 Å². The topological polar surface area (TPSA) is 76.6 Å². The van der Waals surface area contributed by atoms with Gasteiger partial charge >= 0.3 is 0 Å². The van der Waals surface area contributed by atoms with Crippen LogP contribution < -0.4 is 19.7 Å². The summed E-state index contributed by atoms with van der Waals surface area (Å²) in [5, 5.41) is 14.4. The van der Waals surface area contributed by atoms with Gasteiger partial charge in [0, 0.05) is 23.2 Å². The zero-order valence-electron chi connectivity index (χ0n) is 17.4. The molecule has 0 aliphatic carbocycles. The summed E-state index contributed by atoms with van der Waals surface area (Å²) in [5.74, 6) is 2.19. The maximum atomic E-state index is 13.2. The molecule has 4 rings (SSSR count). The van der Waals surface area contributed by atoms with E-state index in [1.54, 1.807) is 16.2 Å². The second-order valence-corrected chi connectivity index (χ2v) is 10.6. The SMILES string of the molecule is CC(C)CNc1nnc(SCC(=O)N(Cc2cccs2)c2ccc3c(c2)OCCO3)s1. The average molecular weight is 477 g/mol. The number of thiophene rings is 1. The molecule has 1 N–H and O–H groups in total. The van der Waals surface area contributed by atoms with E-state index >= 15 is 0 Å². The van der Waals surface area contributed by atoms with E-state index in [1.807, 2.05) is 35.7 Å². The van der Waals surface area contributed by atoms with Crippen LogP contribution in [0.2, 0.25) is 0 Å². The van der Waals surface area contributed by atoms with Crippen molar-refractivity contribution in [3.05, 3.63) is 40.6 Å². The van der Waals surface area contributed by atoms with E-state index in [0.29, 0.717) is 37.2 Å². The first-order chi connectivity index (χ1) is 15.1. The second kappa shape index (κ2) is 10.3. The molecule has 3 heterocycles. The van der Waals surface area contributed by atoms with Crippen LogP contribution in [0.3, 0.4) is 0 Å². The van der Waals surface area contributed by atoms with Gasteiger partial charge in [0.1, 0.15) is 13.2 Å². The van der Waals surface area contributed by atoms with E-state index in [2.05, 4.69) is 29.4 Å². The Morgan fingerprint density at radius 1 is 1.23 bits per heavy atom. The number of hydrogen-bond acceptors (Lipinski definition) is 9. The third-order valence-electron chi connectivity index (χ3n) is 4.42. The molecule has 31 heavy (non-hydrogen) atoms. The highest BCUT2D eigenvalue weighted by Gasteiger charge is 2.21. The monoisotopic (exact) mass is 476 g/mol. The molecule has 3 aromatic rings. The molecule has 1 aromatic carbocycles. The Morgan fingerprint density at radius 2 is 2.06 bits per heavy atom. The highest BCUT2D eigenvalue weighted by atomic mass is 32.2. The fraction of sp³-hybridized carbons (Fsp3) is 0.381. The highest BCUT2D eigenvalue weighted by molar-refractivity contribution is 8.01. The van der Waals surface area contributed by atoms with Crippen molar-refractivity contribution in [1.82, 2.24) is 10.2 Å². The van der Waals surface area contributed by atoms with E-state index in [0.717, 1.165) is 26.6 Å². The van der Waals surface area contributed by atoms with Crippen LogP contribution in [0.5, 0.6) is 11.5 Å². The number of benzene rings is 1. The van der Waals surface area contributed by atoms with Gasteiger partial charge < -0.3 is 19.7 Å². The summed E-state index contributed by atoms with van der Waals surface area (Å²) >= 11 is 4.51. The third-order valence-corrected chi connectivity index (χ3v) is 7.28. The van der Waals surface area contributed by atoms with Crippen molar-refractivity contribution in [2.24, 2.45) is 5.92 Å². The maximum Gasteiger partial charge on any atom is 0.237 e. The molecule has 0 atom stereocenters. The van der Waals surface area contributed by atoms with Gasteiger partial charge in [-0.05, 0) is 29.5 Å². The molecule has 0 fully saturated rings. The third kappa shape index (κ3) is 5.90. The molecule has 0 bridgehead atoms. The lowest BCUT2D eigenvalue weighted by Crippen LogP contribution is -2.31. The zero-order valence-corrected chi connectivity index (χ0v) is 19.8. The van der Waals surface area contributed by atoms with Crippen molar-refractivity contribution < 1.29 is 14.3 Å². The maximum absolute atomic E-state index is 13.2. The van der Waals surface area contributed by atoms with Crippen molar-refractivity contribution in [3.8, 4) is 11.5 Å². The Balaban J connectivity index is 1.46. The number of anilines is 2. The van der Waals surface area contributed by atoms with E-state index in [4.69, 9.17) is 9.47 Å². The van der Waals surface area contributed by atoms with Gasteiger partial charge in [0.05, 0.1) is 12.3 Å². The first-order valence-electron chi connectivity index (χ1n) is 10.0. The summed E-state index contributed by atoms with van der Waals surface area (Å²) in [6.45, 7) is 6.68. The van der Waals surface area contributed by atoms with Crippen LogP contribution >= 0.6 is 34.4 Å². The Kier molecular flexibility index (Phi) is 7.31. The standard InChI is InChI=1S/C21H24N4O3S3/c1-14(2)11-22-20-23-24-21(31-20)30-13-19(26)25(12-16-4-3-9-29-16)15-5-6-17-18(10-15)28-8-7-27-17/h3-6,9-10,14H,7-8,11-13H2,1-2H3,(H,22,23). The predicted molar refractivity (Wildman–Crippen MR) is 127 cm³/mol. The molecule has 2 aromatic heterocycles. The van der Waals surface area contributed by atoms with E-state index in [9.17, 15) is 4.79 Å². The predicted octanol–water partition coefficient (Wildman–Crippen LogP) is 4.76. The van der Waals surface area contributed by atoms with E-state index < -0.39 is 0 Å². The Labute approximate surface area is 193 Å². The number of nitrogens with one attached hydrogen (secondary N) is 1. The van der Waals surface area contributed by atoms with Crippen LogP contribution in [0.4, 0.5) is 10.8 Å². The minimum atomic E-state index is 0.00182. The van der Waals surface area contributed by atoms with Gasteiger partial charge in [-0.25, -0.2) is 0 Å². The average Bonchev–Trinajstić information content (AvgIpc) is 3.46. The molecule has 0 unspecified atom stereocenters. The highest BCUT2D eigenvalue weighted by Crippen LogP contribution is 2.35. The number of carbonyl (C=O) groups excluding carboxylic acids is 1. The minimum absolute atomic E-state index is 0.00182. The lowest BCUT2D eigenvalue weighted by molar-refractivity contribution is -0.116. The van der Waals surface area contributed by atoms with Crippen molar-refractivity contribution in [1.29, 1.82) is 0 Å². The molecule has 0 radical (unpaired) electrons. The zero-order chi connectivity index (χ0) is 21.6. The summed E-state index contributed by atoms with van der Waals surface area (Å²) in [6, 6.07) is 9.68. The number of carbonyl (C=O) groups is 1. The number of aromatic nitrogens is 2. The Hall–Kier alpha value is -2.30. The summed E-state index contributed by atoms with van der Waals surface area (Å²) in [4.78, 5) is 16.1. The van der Waals surface area contributed by atoms with Crippen molar-refractivity contribution in [2.75, 3.05) is 35.7 Å². The number of nitrogens with zero attached hydrogens (tertiary/aromatic N) is 3. The lowest BCUT2D eigenvalue weighted by Gasteiger charge is -2.25. The molecule has 0 saturated heterocycles. The van der Waals surface area contributed by atoms with Crippen LogP contribution in [0.1, 0.15) is 18.7 Å². The van der Waals surface area contributed by atoms with Crippen LogP contribution in [0.25, 0.3) is 0 Å². The van der Waals surface area contributed by atoms with Crippen molar-refractivity contribution >= 4 is 51.2 Å². The molecule has 0 spiro atoms. The molecule has 7 nitrogen and oxygen atoms in total. The summed E-state index contributed by atoms with van der Waals surface area (Å²) in [6.07, 6.45) is 0. The van der Waals surface area contributed by atoms with Gasteiger partial charge in [-0.3, -0.25) is 4.79 Å². The van der Waals surface area contributed by atoms with Gasteiger partial charge in [-0.1, -0.05) is 43.0 Å². The number of thioether (sulfide) groups is 1.